The fourth-order valence-electron chi connectivity index (χ4n) is 4.41. The zero-order valence-corrected chi connectivity index (χ0v) is 16.0. The van der Waals surface area contributed by atoms with Crippen molar-refractivity contribution in [2.75, 3.05) is 19.6 Å². The van der Waals surface area contributed by atoms with Crippen molar-refractivity contribution in [1.82, 2.24) is 19.8 Å². The number of benzene rings is 1. The summed E-state index contributed by atoms with van der Waals surface area (Å²) in [7, 11) is 0. The summed E-state index contributed by atoms with van der Waals surface area (Å²) in [6, 6.07) is 5.70. The average Bonchev–Trinajstić information content (AvgIpc) is 3.01. The zero-order chi connectivity index (χ0) is 18.8. The van der Waals surface area contributed by atoms with Gasteiger partial charge in [0.25, 0.3) is 11.5 Å². The van der Waals surface area contributed by atoms with E-state index >= 15 is 0 Å². The minimum Gasteiger partial charge on any atom is -0.350 e. The average molecular weight is 368 g/mol. The molecule has 0 bridgehead atoms. The molecule has 2 aromatic rings. The molecule has 1 fully saturated rings. The van der Waals surface area contributed by atoms with Gasteiger partial charge < -0.3 is 5.32 Å². The van der Waals surface area contributed by atoms with Crippen LogP contribution in [0.4, 0.5) is 0 Å². The Morgan fingerprint density at radius 2 is 2.11 bits per heavy atom. The van der Waals surface area contributed by atoms with Gasteiger partial charge in [0.2, 0.25) is 0 Å². The van der Waals surface area contributed by atoms with Crippen LogP contribution in [0.2, 0.25) is 0 Å². The van der Waals surface area contributed by atoms with E-state index in [4.69, 9.17) is 4.98 Å². The molecule has 2 aliphatic heterocycles. The van der Waals surface area contributed by atoms with E-state index in [1.54, 1.807) is 18.2 Å². The Labute approximate surface area is 159 Å². The van der Waals surface area contributed by atoms with Crippen LogP contribution >= 0.6 is 0 Å². The maximum Gasteiger partial charge on any atom is 0.261 e. The Morgan fingerprint density at radius 3 is 2.96 bits per heavy atom. The van der Waals surface area contributed by atoms with Gasteiger partial charge in [-0.2, -0.15) is 0 Å². The van der Waals surface area contributed by atoms with Crippen molar-refractivity contribution in [3.63, 3.8) is 0 Å². The molecule has 27 heavy (non-hydrogen) atoms. The number of aryl methyl sites for hydroxylation is 1. The summed E-state index contributed by atoms with van der Waals surface area (Å²) in [4.78, 5) is 32.6. The lowest BCUT2D eigenvalue weighted by Crippen LogP contribution is -2.40. The predicted octanol–water partition coefficient (Wildman–Crippen LogP) is 2.34. The summed E-state index contributed by atoms with van der Waals surface area (Å²) in [5.74, 6) is 0.767. The molecule has 0 unspecified atom stereocenters. The van der Waals surface area contributed by atoms with E-state index in [-0.39, 0.29) is 11.5 Å². The number of hydrogen-bond donors (Lipinski definition) is 1. The summed E-state index contributed by atoms with van der Waals surface area (Å²) < 4.78 is 1.81. The van der Waals surface area contributed by atoms with Gasteiger partial charge in [0.15, 0.2) is 0 Å². The molecule has 1 atom stereocenters. The highest BCUT2D eigenvalue weighted by Crippen LogP contribution is 2.18. The zero-order valence-electron chi connectivity index (χ0n) is 16.0. The topological polar surface area (TPSA) is 67.2 Å². The maximum atomic E-state index is 12.8. The SMILES string of the molecule is CCN1CCC[C@H]1CNC(=O)c1ccc2c(=O)n3c(nc2c1)CCCCC3. The third-order valence-electron chi connectivity index (χ3n) is 5.98. The van der Waals surface area contributed by atoms with Crippen LogP contribution in [0.25, 0.3) is 10.9 Å². The Morgan fingerprint density at radius 1 is 1.22 bits per heavy atom. The van der Waals surface area contributed by atoms with Gasteiger partial charge in [-0.05, 0) is 57.0 Å². The molecule has 0 radical (unpaired) electrons. The van der Waals surface area contributed by atoms with Crippen molar-refractivity contribution < 1.29 is 4.79 Å². The molecule has 1 amide bonds. The first kappa shape index (κ1) is 18.2. The van der Waals surface area contributed by atoms with E-state index in [1.165, 1.54) is 6.42 Å². The lowest BCUT2D eigenvalue weighted by Gasteiger charge is -2.22. The van der Waals surface area contributed by atoms with Crippen LogP contribution in [0.15, 0.2) is 23.0 Å². The van der Waals surface area contributed by atoms with Crippen molar-refractivity contribution >= 4 is 16.8 Å². The van der Waals surface area contributed by atoms with Crippen molar-refractivity contribution in [2.45, 2.75) is 58.0 Å². The van der Waals surface area contributed by atoms with E-state index in [1.807, 2.05) is 4.57 Å². The third kappa shape index (κ3) is 3.63. The minimum absolute atomic E-state index is 0.0217. The lowest BCUT2D eigenvalue weighted by atomic mass is 10.1. The minimum atomic E-state index is -0.0864. The molecule has 1 aromatic heterocycles. The van der Waals surface area contributed by atoms with E-state index < -0.39 is 0 Å². The largest absolute Gasteiger partial charge is 0.350 e. The monoisotopic (exact) mass is 368 g/mol. The Balaban J connectivity index is 1.56. The number of rotatable bonds is 4. The van der Waals surface area contributed by atoms with Gasteiger partial charge in [-0.25, -0.2) is 4.98 Å². The molecule has 0 aliphatic carbocycles. The molecule has 0 saturated carbocycles. The quantitative estimate of drug-likeness (QED) is 0.899. The molecule has 1 saturated heterocycles. The fourth-order valence-corrected chi connectivity index (χ4v) is 4.41. The Kier molecular flexibility index (Phi) is 5.25. The van der Waals surface area contributed by atoms with Gasteiger partial charge in [-0.1, -0.05) is 13.3 Å². The number of likely N-dealkylation sites (N-methyl/N-ethyl adjacent to an activating group) is 1. The second-order valence-electron chi connectivity index (χ2n) is 7.66. The second kappa shape index (κ2) is 7.80. The number of likely N-dealkylation sites (tertiary alicyclic amines) is 1. The molecule has 2 aliphatic rings. The number of fused-ring (bicyclic) bond motifs is 2. The number of aromatic nitrogens is 2. The van der Waals surface area contributed by atoms with Crippen molar-refractivity contribution in [3.8, 4) is 0 Å². The first-order chi connectivity index (χ1) is 13.2. The smallest absolute Gasteiger partial charge is 0.261 e. The van der Waals surface area contributed by atoms with Gasteiger partial charge in [0, 0.05) is 31.1 Å². The third-order valence-corrected chi connectivity index (χ3v) is 5.98. The van der Waals surface area contributed by atoms with Gasteiger partial charge in [0.1, 0.15) is 5.82 Å². The maximum absolute atomic E-state index is 12.8. The summed E-state index contributed by atoms with van der Waals surface area (Å²) >= 11 is 0. The van der Waals surface area contributed by atoms with Gasteiger partial charge >= 0.3 is 0 Å². The molecule has 4 rings (SSSR count). The van der Waals surface area contributed by atoms with Crippen LogP contribution < -0.4 is 10.9 Å². The number of carbonyl (C=O) groups is 1. The molecular formula is C21H28N4O2. The number of hydrogen-bond acceptors (Lipinski definition) is 4. The van der Waals surface area contributed by atoms with E-state index in [0.29, 0.717) is 29.1 Å². The van der Waals surface area contributed by atoms with Crippen molar-refractivity contribution in [1.29, 1.82) is 0 Å². The van der Waals surface area contributed by atoms with Gasteiger partial charge in [0.05, 0.1) is 10.9 Å². The highest BCUT2D eigenvalue weighted by atomic mass is 16.1. The molecular weight excluding hydrogens is 340 g/mol. The van der Waals surface area contributed by atoms with E-state index in [2.05, 4.69) is 17.1 Å². The molecule has 6 nitrogen and oxygen atoms in total. The van der Waals surface area contributed by atoms with Crippen LogP contribution in [-0.4, -0.2) is 46.0 Å². The number of nitrogens with one attached hydrogen (secondary N) is 1. The summed E-state index contributed by atoms with van der Waals surface area (Å²) in [5.41, 5.74) is 1.24. The fraction of sp³-hybridized carbons (Fsp3) is 0.571. The number of carbonyl (C=O) groups excluding carboxylic acids is 1. The first-order valence-corrected chi connectivity index (χ1v) is 10.2. The van der Waals surface area contributed by atoms with E-state index in [0.717, 1.165) is 57.6 Å². The van der Waals surface area contributed by atoms with Crippen LogP contribution in [0.3, 0.4) is 0 Å². The molecule has 0 spiro atoms. The van der Waals surface area contributed by atoms with Crippen LogP contribution in [0, 0.1) is 0 Å². The molecule has 3 heterocycles. The summed E-state index contributed by atoms with van der Waals surface area (Å²) in [6.45, 7) is 5.72. The van der Waals surface area contributed by atoms with Crippen LogP contribution in [0.5, 0.6) is 0 Å². The highest BCUT2D eigenvalue weighted by molar-refractivity contribution is 5.97. The number of amides is 1. The first-order valence-electron chi connectivity index (χ1n) is 10.2. The highest BCUT2D eigenvalue weighted by Gasteiger charge is 2.23. The standard InChI is InChI=1S/C21H28N4O2/c1-2-24-11-6-7-16(24)14-22-20(26)15-9-10-17-18(13-15)23-19-8-4-3-5-12-25(19)21(17)27/h9-10,13,16H,2-8,11-12,14H2,1H3,(H,22,26)/t16-/m0/s1. The Bertz CT molecular complexity index is 905. The Hall–Kier alpha value is -2.21. The van der Waals surface area contributed by atoms with Crippen LogP contribution in [-0.2, 0) is 13.0 Å². The molecule has 1 N–H and O–H groups in total. The van der Waals surface area contributed by atoms with Crippen molar-refractivity contribution in [2.24, 2.45) is 0 Å². The molecule has 1 aromatic carbocycles. The second-order valence-corrected chi connectivity index (χ2v) is 7.66. The summed E-state index contributed by atoms with van der Waals surface area (Å²) in [5, 5.41) is 3.67. The van der Waals surface area contributed by atoms with Gasteiger partial charge in [-0.3, -0.25) is 19.1 Å². The normalized spacial score (nSPS) is 20.4. The van der Waals surface area contributed by atoms with E-state index in [9.17, 15) is 9.59 Å². The van der Waals surface area contributed by atoms with Crippen molar-refractivity contribution in [3.05, 3.63) is 39.9 Å². The molecule has 6 heteroatoms. The van der Waals surface area contributed by atoms with Gasteiger partial charge in [-0.15, -0.1) is 0 Å². The lowest BCUT2D eigenvalue weighted by molar-refractivity contribution is 0.0941. The number of nitrogens with zero attached hydrogens (tertiary/aromatic N) is 3. The van der Waals surface area contributed by atoms with Crippen LogP contribution in [0.1, 0.15) is 55.2 Å². The summed E-state index contributed by atoms with van der Waals surface area (Å²) in [6.07, 6.45) is 6.38. The molecule has 144 valence electrons. The predicted molar refractivity (Wildman–Crippen MR) is 106 cm³/mol.